The monoisotopic (exact) mass is 248 g/mol. The van der Waals surface area contributed by atoms with Gasteiger partial charge in [0.25, 0.3) is 5.91 Å². The number of nitrogens with two attached hydrogens (primary N) is 1. The van der Waals surface area contributed by atoms with E-state index in [-0.39, 0.29) is 18.6 Å². The molecular formula is C14H20N2O2. The molecule has 3 N–H and O–H groups in total. The summed E-state index contributed by atoms with van der Waals surface area (Å²) in [5.41, 5.74) is 7.33. The summed E-state index contributed by atoms with van der Waals surface area (Å²) in [6.45, 7) is 1.41. The molecule has 1 aromatic carbocycles. The van der Waals surface area contributed by atoms with Gasteiger partial charge in [0.05, 0.1) is 12.6 Å². The number of nitrogens with zero attached hydrogens (tertiary/aromatic N) is 1. The minimum atomic E-state index is -0.0128. The zero-order chi connectivity index (χ0) is 13.0. The summed E-state index contributed by atoms with van der Waals surface area (Å²) in [5, 5.41) is 9.24. The van der Waals surface area contributed by atoms with E-state index < -0.39 is 0 Å². The van der Waals surface area contributed by atoms with Gasteiger partial charge in [-0.1, -0.05) is 12.1 Å². The number of benzene rings is 1. The summed E-state index contributed by atoms with van der Waals surface area (Å²) in [6.07, 6.45) is 2.70. The van der Waals surface area contributed by atoms with Crippen molar-refractivity contribution in [2.75, 3.05) is 19.7 Å². The van der Waals surface area contributed by atoms with Crippen molar-refractivity contribution in [1.82, 2.24) is 4.90 Å². The average Bonchev–Trinajstić information content (AvgIpc) is 2.87. The van der Waals surface area contributed by atoms with Crippen LogP contribution < -0.4 is 5.73 Å². The van der Waals surface area contributed by atoms with Crippen molar-refractivity contribution >= 4 is 5.91 Å². The first kappa shape index (κ1) is 13.1. The van der Waals surface area contributed by atoms with E-state index in [4.69, 9.17) is 5.73 Å². The molecule has 0 radical (unpaired) electrons. The zero-order valence-electron chi connectivity index (χ0n) is 10.5. The van der Waals surface area contributed by atoms with E-state index in [0.29, 0.717) is 12.1 Å². The standard InChI is InChI=1S/C14H20N2O2/c15-8-7-11-3-5-12(6-4-11)14(18)16-9-1-2-13(16)10-17/h3-6,13,17H,1-2,7-10,15H2/t13-/m0/s1. The number of carbonyl (C=O) groups excluding carboxylic acids is 1. The summed E-state index contributed by atoms with van der Waals surface area (Å²) in [6, 6.07) is 7.58. The Morgan fingerprint density at radius 2 is 2.11 bits per heavy atom. The van der Waals surface area contributed by atoms with E-state index in [9.17, 15) is 9.90 Å². The smallest absolute Gasteiger partial charge is 0.254 e. The normalized spacial score (nSPS) is 19.2. The van der Waals surface area contributed by atoms with Crippen molar-refractivity contribution in [2.24, 2.45) is 5.73 Å². The molecule has 0 bridgehead atoms. The molecule has 1 fully saturated rings. The van der Waals surface area contributed by atoms with Gasteiger partial charge in [0, 0.05) is 12.1 Å². The van der Waals surface area contributed by atoms with Gasteiger partial charge in [-0.25, -0.2) is 0 Å². The second-order valence-corrected chi connectivity index (χ2v) is 4.71. The first-order chi connectivity index (χ1) is 8.76. The molecule has 0 aromatic heterocycles. The van der Waals surface area contributed by atoms with Gasteiger partial charge in [0.15, 0.2) is 0 Å². The van der Waals surface area contributed by atoms with Crippen molar-refractivity contribution in [1.29, 1.82) is 0 Å². The Morgan fingerprint density at radius 1 is 1.39 bits per heavy atom. The molecule has 1 amide bonds. The highest BCUT2D eigenvalue weighted by Crippen LogP contribution is 2.19. The Balaban J connectivity index is 2.08. The Kier molecular flexibility index (Phi) is 4.33. The topological polar surface area (TPSA) is 66.6 Å². The van der Waals surface area contributed by atoms with Crippen LogP contribution in [0.5, 0.6) is 0 Å². The van der Waals surface area contributed by atoms with Crippen LogP contribution in [0.3, 0.4) is 0 Å². The van der Waals surface area contributed by atoms with Gasteiger partial charge in [0.2, 0.25) is 0 Å². The molecule has 4 nitrogen and oxygen atoms in total. The number of hydrogen-bond donors (Lipinski definition) is 2. The lowest BCUT2D eigenvalue weighted by atomic mass is 10.1. The van der Waals surface area contributed by atoms with E-state index in [1.165, 1.54) is 0 Å². The molecule has 2 rings (SSSR count). The molecule has 1 saturated heterocycles. The first-order valence-electron chi connectivity index (χ1n) is 6.47. The maximum Gasteiger partial charge on any atom is 0.254 e. The molecule has 1 aromatic rings. The van der Waals surface area contributed by atoms with E-state index in [0.717, 1.165) is 31.4 Å². The summed E-state index contributed by atoms with van der Waals surface area (Å²) in [7, 11) is 0. The summed E-state index contributed by atoms with van der Waals surface area (Å²) < 4.78 is 0. The Morgan fingerprint density at radius 3 is 2.72 bits per heavy atom. The third-order valence-electron chi connectivity index (χ3n) is 3.48. The highest BCUT2D eigenvalue weighted by atomic mass is 16.3. The van der Waals surface area contributed by atoms with Crippen LogP contribution in [-0.4, -0.2) is 41.7 Å². The number of aliphatic hydroxyl groups excluding tert-OH is 1. The van der Waals surface area contributed by atoms with Crippen LogP contribution in [0.15, 0.2) is 24.3 Å². The van der Waals surface area contributed by atoms with Gasteiger partial charge in [-0.15, -0.1) is 0 Å². The van der Waals surface area contributed by atoms with Crippen LogP contribution in [-0.2, 0) is 6.42 Å². The number of amides is 1. The van der Waals surface area contributed by atoms with Crippen molar-refractivity contribution < 1.29 is 9.90 Å². The third kappa shape index (κ3) is 2.71. The van der Waals surface area contributed by atoms with Crippen LogP contribution in [0.1, 0.15) is 28.8 Å². The summed E-state index contributed by atoms with van der Waals surface area (Å²) >= 11 is 0. The predicted molar refractivity (Wildman–Crippen MR) is 70.3 cm³/mol. The molecule has 0 aliphatic carbocycles. The maximum absolute atomic E-state index is 12.3. The fourth-order valence-electron chi connectivity index (χ4n) is 2.44. The molecule has 1 aliphatic rings. The molecular weight excluding hydrogens is 228 g/mol. The third-order valence-corrected chi connectivity index (χ3v) is 3.48. The van der Waals surface area contributed by atoms with Crippen molar-refractivity contribution in [2.45, 2.75) is 25.3 Å². The van der Waals surface area contributed by atoms with E-state index >= 15 is 0 Å². The molecule has 1 atom stereocenters. The van der Waals surface area contributed by atoms with E-state index in [1.807, 2.05) is 24.3 Å². The fraction of sp³-hybridized carbons (Fsp3) is 0.500. The number of carbonyl (C=O) groups is 1. The maximum atomic E-state index is 12.3. The lowest BCUT2D eigenvalue weighted by molar-refractivity contribution is 0.0677. The van der Waals surface area contributed by atoms with Gasteiger partial charge >= 0.3 is 0 Å². The van der Waals surface area contributed by atoms with Gasteiger partial charge in [-0.05, 0) is 43.5 Å². The highest BCUT2D eigenvalue weighted by molar-refractivity contribution is 5.94. The largest absolute Gasteiger partial charge is 0.394 e. The zero-order valence-corrected chi connectivity index (χ0v) is 10.5. The lowest BCUT2D eigenvalue weighted by Crippen LogP contribution is -2.37. The second kappa shape index (κ2) is 5.98. The van der Waals surface area contributed by atoms with E-state index in [1.54, 1.807) is 4.90 Å². The Bertz CT molecular complexity index is 403. The first-order valence-corrected chi connectivity index (χ1v) is 6.47. The highest BCUT2D eigenvalue weighted by Gasteiger charge is 2.28. The number of hydrogen-bond acceptors (Lipinski definition) is 3. The van der Waals surface area contributed by atoms with Crippen LogP contribution in [0, 0.1) is 0 Å². The average molecular weight is 248 g/mol. The fourth-order valence-corrected chi connectivity index (χ4v) is 2.44. The minimum absolute atomic E-state index is 0.0128. The minimum Gasteiger partial charge on any atom is -0.394 e. The molecule has 0 spiro atoms. The molecule has 1 heterocycles. The van der Waals surface area contributed by atoms with Crippen LogP contribution in [0.4, 0.5) is 0 Å². The lowest BCUT2D eigenvalue weighted by Gasteiger charge is -2.23. The predicted octanol–water partition coefficient (Wildman–Crippen LogP) is 0.785. The molecule has 1 aliphatic heterocycles. The Labute approximate surface area is 107 Å². The summed E-state index contributed by atoms with van der Waals surface area (Å²) in [5.74, 6) is 0.0193. The number of rotatable bonds is 4. The summed E-state index contributed by atoms with van der Waals surface area (Å²) in [4.78, 5) is 14.1. The van der Waals surface area contributed by atoms with Crippen LogP contribution in [0.25, 0.3) is 0 Å². The Hall–Kier alpha value is -1.39. The van der Waals surface area contributed by atoms with Gasteiger partial charge < -0.3 is 15.7 Å². The van der Waals surface area contributed by atoms with Gasteiger partial charge in [-0.3, -0.25) is 4.79 Å². The van der Waals surface area contributed by atoms with Crippen molar-refractivity contribution in [3.8, 4) is 0 Å². The molecule has 0 saturated carbocycles. The van der Waals surface area contributed by atoms with Gasteiger partial charge in [-0.2, -0.15) is 0 Å². The van der Waals surface area contributed by atoms with Crippen LogP contribution >= 0.6 is 0 Å². The SMILES string of the molecule is NCCc1ccc(C(=O)N2CCC[C@H]2CO)cc1. The molecule has 98 valence electrons. The number of aliphatic hydroxyl groups is 1. The van der Waals surface area contributed by atoms with Crippen LogP contribution in [0.2, 0.25) is 0 Å². The molecule has 0 unspecified atom stereocenters. The van der Waals surface area contributed by atoms with Gasteiger partial charge in [0.1, 0.15) is 0 Å². The molecule has 4 heteroatoms. The quantitative estimate of drug-likeness (QED) is 0.827. The molecule has 18 heavy (non-hydrogen) atoms. The van der Waals surface area contributed by atoms with Crippen molar-refractivity contribution in [3.63, 3.8) is 0 Å². The van der Waals surface area contributed by atoms with Crippen molar-refractivity contribution in [3.05, 3.63) is 35.4 Å². The van der Waals surface area contributed by atoms with E-state index in [2.05, 4.69) is 0 Å². The second-order valence-electron chi connectivity index (χ2n) is 4.71. The number of likely N-dealkylation sites (tertiary alicyclic amines) is 1.